The van der Waals surface area contributed by atoms with Gasteiger partial charge in [0.2, 0.25) is 0 Å². The molecule has 2 aromatic rings. The fourth-order valence-electron chi connectivity index (χ4n) is 3.42. The normalized spacial score (nSPS) is 15.6. The first-order chi connectivity index (χ1) is 13.7. The Labute approximate surface area is 174 Å². The van der Waals surface area contributed by atoms with Gasteiger partial charge in [0.25, 0.3) is 5.91 Å². The Morgan fingerprint density at radius 2 is 1.97 bits per heavy atom. The van der Waals surface area contributed by atoms with E-state index >= 15 is 0 Å². The zero-order valence-electron chi connectivity index (χ0n) is 17.2. The second-order valence-corrected chi connectivity index (χ2v) is 9.22. The van der Waals surface area contributed by atoms with Crippen molar-refractivity contribution in [3.8, 4) is 0 Å². The number of ether oxygens (including phenoxy) is 2. The Morgan fingerprint density at radius 3 is 2.59 bits per heavy atom. The summed E-state index contributed by atoms with van der Waals surface area (Å²) in [5.41, 5.74) is 0.0466. The number of amides is 2. The van der Waals surface area contributed by atoms with E-state index in [-0.39, 0.29) is 30.5 Å². The van der Waals surface area contributed by atoms with Gasteiger partial charge < -0.3 is 19.7 Å². The van der Waals surface area contributed by atoms with Crippen LogP contribution in [0.25, 0.3) is 10.1 Å². The molecule has 0 spiro atoms. The lowest BCUT2D eigenvalue weighted by Gasteiger charge is -2.33. The summed E-state index contributed by atoms with van der Waals surface area (Å²) in [7, 11) is 1.53. The van der Waals surface area contributed by atoms with Crippen molar-refractivity contribution in [1.82, 2.24) is 10.2 Å². The van der Waals surface area contributed by atoms with Crippen LogP contribution in [0.3, 0.4) is 0 Å². The minimum atomic E-state index is -0.531. The van der Waals surface area contributed by atoms with Crippen LogP contribution in [0.4, 0.5) is 9.18 Å². The van der Waals surface area contributed by atoms with E-state index in [0.29, 0.717) is 41.8 Å². The van der Waals surface area contributed by atoms with E-state index in [4.69, 9.17) is 9.47 Å². The molecule has 6 nitrogen and oxygen atoms in total. The van der Waals surface area contributed by atoms with Crippen LogP contribution in [0.1, 0.15) is 48.8 Å². The monoisotopic (exact) mass is 422 g/mol. The van der Waals surface area contributed by atoms with Crippen molar-refractivity contribution in [1.29, 1.82) is 0 Å². The van der Waals surface area contributed by atoms with Crippen LogP contribution in [-0.2, 0) is 16.1 Å². The summed E-state index contributed by atoms with van der Waals surface area (Å²) >= 11 is 1.27. The first-order valence-corrected chi connectivity index (χ1v) is 10.5. The third-order valence-corrected chi connectivity index (χ3v) is 5.94. The summed E-state index contributed by atoms with van der Waals surface area (Å²) in [6.45, 7) is 6.72. The maximum Gasteiger partial charge on any atom is 0.410 e. The van der Waals surface area contributed by atoms with Gasteiger partial charge in [0.15, 0.2) is 0 Å². The van der Waals surface area contributed by atoms with E-state index in [0.717, 1.165) is 4.70 Å². The molecule has 158 valence electrons. The Bertz CT molecular complexity index is 898. The third kappa shape index (κ3) is 5.05. The van der Waals surface area contributed by atoms with E-state index in [1.54, 1.807) is 17.0 Å². The summed E-state index contributed by atoms with van der Waals surface area (Å²) in [5, 5.41) is 3.49. The van der Waals surface area contributed by atoms with E-state index in [1.165, 1.54) is 24.5 Å². The smallest absolute Gasteiger partial charge is 0.410 e. The third-order valence-electron chi connectivity index (χ3n) is 4.74. The number of nitrogens with zero attached hydrogens (tertiary/aromatic N) is 1. The van der Waals surface area contributed by atoms with E-state index in [1.807, 2.05) is 20.8 Å². The van der Waals surface area contributed by atoms with Crippen LogP contribution in [0.15, 0.2) is 18.2 Å². The molecule has 1 fully saturated rings. The molecule has 8 heteroatoms. The predicted molar refractivity (Wildman–Crippen MR) is 111 cm³/mol. The van der Waals surface area contributed by atoms with Crippen LogP contribution >= 0.6 is 11.3 Å². The predicted octanol–water partition coefficient (Wildman–Crippen LogP) is 4.32. The van der Waals surface area contributed by atoms with Crippen LogP contribution in [0, 0.1) is 5.82 Å². The minimum absolute atomic E-state index is 0.0494. The number of hydrogen-bond acceptors (Lipinski definition) is 5. The van der Waals surface area contributed by atoms with Crippen molar-refractivity contribution >= 4 is 33.4 Å². The largest absolute Gasteiger partial charge is 0.444 e. The van der Waals surface area contributed by atoms with Gasteiger partial charge in [-0.15, -0.1) is 11.3 Å². The second-order valence-electron chi connectivity index (χ2n) is 8.17. The van der Waals surface area contributed by atoms with Gasteiger partial charge in [0, 0.05) is 41.9 Å². The van der Waals surface area contributed by atoms with Gasteiger partial charge in [-0.25, -0.2) is 9.18 Å². The molecule has 1 aromatic carbocycles. The molecule has 0 atom stereocenters. The summed E-state index contributed by atoms with van der Waals surface area (Å²) in [6, 6.07) is 4.78. The van der Waals surface area contributed by atoms with Gasteiger partial charge in [-0.3, -0.25) is 4.79 Å². The average molecular weight is 423 g/mol. The first kappa shape index (κ1) is 21.5. The highest BCUT2D eigenvalue weighted by Crippen LogP contribution is 2.34. The van der Waals surface area contributed by atoms with E-state index < -0.39 is 5.60 Å². The molecule has 2 amide bonds. The van der Waals surface area contributed by atoms with Crippen molar-refractivity contribution < 1.29 is 23.5 Å². The molecule has 1 N–H and O–H groups in total. The molecule has 0 unspecified atom stereocenters. The number of halogens is 1. The Hall–Kier alpha value is -2.19. The number of thiophene rings is 1. The number of rotatable bonds is 4. The molecule has 0 radical (unpaired) electrons. The topological polar surface area (TPSA) is 67.9 Å². The van der Waals surface area contributed by atoms with Crippen molar-refractivity contribution in [3.63, 3.8) is 0 Å². The number of piperidine rings is 1. The molecule has 3 rings (SSSR count). The molecule has 0 aliphatic carbocycles. The number of benzene rings is 1. The molecular weight excluding hydrogens is 395 g/mol. The molecular formula is C21H27FN2O4S. The van der Waals surface area contributed by atoms with E-state index in [2.05, 4.69) is 5.32 Å². The molecule has 1 aliphatic rings. The van der Waals surface area contributed by atoms with Gasteiger partial charge in [-0.05, 0) is 45.7 Å². The number of hydrogen-bond donors (Lipinski definition) is 1. The highest BCUT2D eigenvalue weighted by atomic mass is 32.1. The number of carbonyl (C=O) groups excluding carboxylic acids is 2. The van der Waals surface area contributed by atoms with Crippen LogP contribution < -0.4 is 5.32 Å². The molecule has 29 heavy (non-hydrogen) atoms. The number of nitrogens with one attached hydrogen (secondary N) is 1. The molecule has 1 aromatic heterocycles. The quantitative estimate of drug-likeness (QED) is 0.797. The van der Waals surface area contributed by atoms with Crippen LogP contribution in [0.5, 0.6) is 0 Å². The summed E-state index contributed by atoms with van der Waals surface area (Å²) in [6.07, 6.45) is 0.956. The van der Waals surface area contributed by atoms with Crippen molar-refractivity contribution in [3.05, 3.63) is 34.5 Å². The van der Waals surface area contributed by atoms with Gasteiger partial charge in [0.05, 0.1) is 11.5 Å². The molecule has 0 saturated carbocycles. The first-order valence-electron chi connectivity index (χ1n) is 9.67. The van der Waals surface area contributed by atoms with Crippen molar-refractivity contribution in [2.24, 2.45) is 0 Å². The summed E-state index contributed by atoms with van der Waals surface area (Å²) in [5.74, 6) is -0.580. The highest BCUT2D eigenvalue weighted by Gasteiger charge is 2.29. The zero-order chi connectivity index (χ0) is 21.2. The maximum absolute atomic E-state index is 14.3. The fourth-order valence-corrected chi connectivity index (χ4v) is 4.54. The fraction of sp³-hybridized carbons (Fsp3) is 0.524. The average Bonchev–Trinajstić information content (AvgIpc) is 3.01. The van der Waals surface area contributed by atoms with Crippen LogP contribution in [-0.4, -0.2) is 48.7 Å². The summed E-state index contributed by atoms with van der Waals surface area (Å²) in [4.78, 5) is 27.2. The lowest BCUT2D eigenvalue weighted by molar-refractivity contribution is 0.0199. The van der Waals surface area contributed by atoms with Crippen LogP contribution in [0.2, 0.25) is 0 Å². The second kappa shape index (κ2) is 8.67. The lowest BCUT2D eigenvalue weighted by Crippen LogP contribution is -2.47. The Balaban J connectivity index is 1.67. The minimum Gasteiger partial charge on any atom is -0.444 e. The number of carbonyl (C=O) groups is 2. The molecule has 0 bridgehead atoms. The Kier molecular flexibility index (Phi) is 6.43. The van der Waals surface area contributed by atoms with Gasteiger partial charge in [0.1, 0.15) is 11.4 Å². The van der Waals surface area contributed by atoms with Crippen molar-refractivity contribution in [2.75, 3.05) is 20.2 Å². The Morgan fingerprint density at radius 1 is 1.28 bits per heavy atom. The van der Waals surface area contributed by atoms with Gasteiger partial charge >= 0.3 is 6.09 Å². The highest BCUT2D eigenvalue weighted by molar-refractivity contribution is 7.21. The number of methoxy groups -OCH3 is 1. The standard InChI is InChI=1S/C21H27FN2O4S/c1-21(2,3)28-20(26)24-10-8-13(9-11-24)23-19(25)18-14(12-27-4)17-15(22)6-5-7-16(17)29-18/h5-7,13H,8-12H2,1-4H3,(H,23,25). The molecule has 2 heterocycles. The number of fused-ring (bicyclic) bond motifs is 1. The molecule has 1 saturated heterocycles. The molecule has 1 aliphatic heterocycles. The SMILES string of the molecule is COCc1c(C(=O)NC2CCN(C(=O)OC(C)(C)C)CC2)sc2cccc(F)c12. The zero-order valence-corrected chi connectivity index (χ0v) is 18.0. The van der Waals surface area contributed by atoms with Gasteiger partial charge in [-0.1, -0.05) is 6.07 Å². The van der Waals surface area contributed by atoms with Crippen molar-refractivity contribution in [2.45, 2.75) is 51.9 Å². The lowest BCUT2D eigenvalue weighted by atomic mass is 10.0. The van der Waals surface area contributed by atoms with Gasteiger partial charge in [-0.2, -0.15) is 0 Å². The maximum atomic E-state index is 14.3. The summed E-state index contributed by atoms with van der Waals surface area (Å²) < 4.78 is 25.7. The number of likely N-dealkylation sites (tertiary alicyclic amines) is 1. The van der Waals surface area contributed by atoms with E-state index in [9.17, 15) is 14.0 Å².